The van der Waals surface area contributed by atoms with Crippen molar-refractivity contribution in [1.82, 2.24) is 15.5 Å². The largest absolute Gasteiger partial charge is 0.421 e. The number of rotatable bonds is 8. The fourth-order valence-corrected chi connectivity index (χ4v) is 3.20. The van der Waals surface area contributed by atoms with E-state index in [4.69, 9.17) is 4.42 Å². The predicted molar refractivity (Wildman–Crippen MR) is 114 cm³/mol. The van der Waals surface area contributed by atoms with Crippen molar-refractivity contribution >= 4 is 5.91 Å². The lowest BCUT2D eigenvalue weighted by Crippen LogP contribution is -2.26. The number of hydrogen-bond donors (Lipinski definition) is 1. The first kappa shape index (κ1) is 20.8. The van der Waals surface area contributed by atoms with Crippen molar-refractivity contribution in [2.75, 3.05) is 0 Å². The molecule has 1 aromatic heterocycles. The van der Waals surface area contributed by atoms with E-state index in [2.05, 4.69) is 53.6 Å². The highest BCUT2D eigenvalue weighted by atomic mass is 16.4. The number of nitrogens with one attached hydrogen (secondary N) is 1. The summed E-state index contributed by atoms with van der Waals surface area (Å²) < 4.78 is 5.69. The Hall–Kier alpha value is -2.95. The maximum Gasteiger partial charge on any atom is 0.247 e. The number of carbonyl (C=O) groups is 1. The molecule has 0 fully saturated rings. The maximum absolute atomic E-state index is 12.3. The van der Waals surface area contributed by atoms with Crippen LogP contribution in [-0.2, 0) is 17.6 Å². The van der Waals surface area contributed by atoms with E-state index < -0.39 is 0 Å². The summed E-state index contributed by atoms with van der Waals surface area (Å²) in [5.41, 5.74) is 4.48. The van der Waals surface area contributed by atoms with E-state index >= 15 is 0 Å². The summed E-state index contributed by atoms with van der Waals surface area (Å²) in [7, 11) is 0. The average molecular weight is 392 g/mol. The number of nitrogens with zero attached hydrogens (tertiary/aromatic N) is 2. The third-order valence-electron chi connectivity index (χ3n) is 4.83. The summed E-state index contributed by atoms with van der Waals surface area (Å²) in [6.07, 6.45) is 1.80. The first-order valence-corrected chi connectivity index (χ1v) is 10.2. The molecule has 29 heavy (non-hydrogen) atoms. The normalized spacial score (nSPS) is 12.2. The molecule has 1 atom stereocenters. The van der Waals surface area contributed by atoms with E-state index in [1.165, 1.54) is 11.1 Å². The lowest BCUT2D eigenvalue weighted by molar-refractivity contribution is -0.121. The van der Waals surface area contributed by atoms with Gasteiger partial charge in [0.2, 0.25) is 17.7 Å². The van der Waals surface area contributed by atoms with Gasteiger partial charge in [-0.1, -0.05) is 55.8 Å². The Kier molecular flexibility index (Phi) is 6.81. The molecule has 152 valence electrons. The highest BCUT2D eigenvalue weighted by Gasteiger charge is 2.13. The van der Waals surface area contributed by atoms with Crippen molar-refractivity contribution in [3.05, 3.63) is 71.1 Å². The van der Waals surface area contributed by atoms with Gasteiger partial charge in [0.25, 0.3) is 0 Å². The minimum Gasteiger partial charge on any atom is -0.421 e. The van der Waals surface area contributed by atoms with Gasteiger partial charge >= 0.3 is 0 Å². The van der Waals surface area contributed by atoms with Gasteiger partial charge in [-0.3, -0.25) is 4.79 Å². The molecule has 0 bridgehead atoms. The summed E-state index contributed by atoms with van der Waals surface area (Å²) in [5.74, 6) is 1.56. The van der Waals surface area contributed by atoms with Crippen molar-refractivity contribution < 1.29 is 9.21 Å². The van der Waals surface area contributed by atoms with Gasteiger partial charge in [-0.05, 0) is 49.4 Å². The summed E-state index contributed by atoms with van der Waals surface area (Å²) in [6.45, 7) is 8.45. The molecular weight excluding hydrogens is 362 g/mol. The molecule has 0 aliphatic rings. The zero-order valence-electron chi connectivity index (χ0n) is 17.6. The summed E-state index contributed by atoms with van der Waals surface area (Å²) in [5, 5.41) is 11.2. The smallest absolute Gasteiger partial charge is 0.247 e. The zero-order chi connectivity index (χ0) is 20.8. The van der Waals surface area contributed by atoms with Crippen molar-refractivity contribution in [3.63, 3.8) is 0 Å². The van der Waals surface area contributed by atoms with Crippen LogP contribution in [0.4, 0.5) is 0 Å². The number of aromatic nitrogens is 2. The number of carbonyl (C=O) groups excluding carboxylic acids is 1. The Labute approximate surface area is 172 Å². The highest BCUT2D eigenvalue weighted by molar-refractivity contribution is 5.76. The van der Waals surface area contributed by atoms with Crippen molar-refractivity contribution in [2.24, 2.45) is 5.92 Å². The molecule has 3 aromatic rings. The van der Waals surface area contributed by atoms with Crippen molar-refractivity contribution in [2.45, 2.75) is 53.0 Å². The molecule has 0 saturated heterocycles. The molecule has 0 spiro atoms. The van der Waals surface area contributed by atoms with Crippen LogP contribution in [0.5, 0.6) is 0 Å². The molecule has 3 rings (SSSR count). The molecule has 5 heteroatoms. The fourth-order valence-electron chi connectivity index (χ4n) is 3.20. The van der Waals surface area contributed by atoms with Gasteiger partial charge in [0.1, 0.15) is 0 Å². The van der Waals surface area contributed by atoms with E-state index in [1.54, 1.807) is 0 Å². The topological polar surface area (TPSA) is 68.0 Å². The van der Waals surface area contributed by atoms with Gasteiger partial charge in [-0.25, -0.2) is 0 Å². The Morgan fingerprint density at radius 3 is 2.34 bits per heavy atom. The van der Waals surface area contributed by atoms with Crippen LogP contribution in [0.15, 0.2) is 52.9 Å². The van der Waals surface area contributed by atoms with Crippen LogP contribution in [0.3, 0.4) is 0 Å². The van der Waals surface area contributed by atoms with E-state index in [0.717, 1.165) is 17.5 Å². The van der Waals surface area contributed by atoms with Crippen LogP contribution < -0.4 is 5.32 Å². The van der Waals surface area contributed by atoms with Gasteiger partial charge < -0.3 is 9.73 Å². The Balaban J connectivity index is 1.50. The van der Waals surface area contributed by atoms with Gasteiger partial charge in [-0.2, -0.15) is 0 Å². The minimum absolute atomic E-state index is 0.0288. The summed E-state index contributed by atoms with van der Waals surface area (Å²) >= 11 is 0. The first-order chi connectivity index (χ1) is 13.9. The van der Waals surface area contributed by atoms with Crippen LogP contribution in [0.1, 0.15) is 55.8 Å². The SMILES string of the molecule is Cc1ccc(-c2nnc(CCC(=O)N[C@H](C)c3ccc(CC(C)C)cc3)o2)cc1. The average Bonchev–Trinajstić information content (AvgIpc) is 3.16. The number of hydrogen-bond acceptors (Lipinski definition) is 4. The monoisotopic (exact) mass is 391 g/mol. The molecule has 1 amide bonds. The third kappa shape index (κ3) is 6.01. The van der Waals surface area contributed by atoms with Gasteiger partial charge in [0.05, 0.1) is 6.04 Å². The van der Waals surface area contributed by atoms with E-state index in [9.17, 15) is 4.79 Å². The first-order valence-electron chi connectivity index (χ1n) is 10.2. The molecule has 0 aliphatic carbocycles. The van der Waals surface area contributed by atoms with Crippen molar-refractivity contribution in [3.8, 4) is 11.5 Å². The lowest BCUT2D eigenvalue weighted by atomic mass is 10.00. The molecule has 0 radical (unpaired) electrons. The molecule has 5 nitrogen and oxygen atoms in total. The van der Waals surface area contributed by atoms with E-state index in [1.807, 2.05) is 38.1 Å². The molecular formula is C24H29N3O2. The fraction of sp³-hybridized carbons (Fsp3) is 0.375. The summed E-state index contributed by atoms with van der Waals surface area (Å²) in [4.78, 5) is 12.3. The van der Waals surface area contributed by atoms with Gasteiger partial charge in [0, 0.05) is 18.4 Å². The number of aryl methyl sites for hydroxylation is 2. The second-order valence-electron chi connectivity index (χ2n) is 8.00. The second kappa shape index (κ2) is 9.50. The molecule has 0 aliphatic heterocycles. The van der Waals surface area contributed by atoms with Crippen LogP contribution in [0.2, 0.25) is 0 Å². The van der Waals surface area contributed by atoms with Crippen LogP contribution in [-0.4, -0.2) is 16.1 Å². The third-order valence-corrected chi connectivity index (χ3v) is 4.83. The number of amides is 1. The summed E-state index contributed by atoms with van der Waals surface area (Å²) in [6, 6.07) is 16.3. The Bertz CT molecular complexity index is 928. The van der Waals surface area contributed by atoms with Crippen LogP contribution in [0.25, 0.3) is 11.5 Å². The van der Waals surface area contributed by atoms with Gasteiger partial charge in [-0.15, -0.1) is 10.2 Å². The minimum atomic E-state index is -0.0404. The quantitative estimate of drug-likeness (QED) is 0.583. The lowest BCUT2D eigenvalue weighted by Gasteiger charge is -2.15. The van der Waals surface area contributed by atoms with Crippen molar-refractivity contribution in [1.29, 1.82) is 0 Å². The predicted octanol–water partition coefficient (Wildman–Crippen LogP) is 5.05. The maximum atomic E-state index is 12.3. The molecule has 0 saturated carbocycles. The van der Waals surface area contributed by atoms with E-state index in [-0.39, 0.29) is 11.9 Å². The Morgan fingerprint density at radius 1 is 1.00 bits per heavy atom. The van der Waals surface area contributed by atoms with Gasteiger partial charge in [0.15, 0.2) is 0 Å². The van der Waals surface area contributed by atoms with Crippen LogP contribution >= 0.6 is 0 Å². The highest BCUT2D eigenvalue weighted by Crippen LogP contribution is 2.19. The Morgan fingerprint density at radius 2 is 1.69 bits per heavy atom. The molecule has 1 heterocycles. The number of benzene rings is 2. The van der Waals surface area contributed by atoms with Crippen LogP contribution in [0, 0.1) is 12.8 Å². The molecule has 1 N–H and O–H groups in total. The molecule has 2 aromatic carbocycles. The zero-order valence-corrected chi connectivity index (χ0v) is 17.6. The standard InChI is InChI=1S/C24H29N3O2/c1-16(2)15-19-7-11-20(12-8-19)18(4)25-22(28)13-14-23-26-27-24(29-23)21-9-5-17(3)6-10-21/h5-12,16,18H,13-15H2,1-4H3,(H,25,28)/t18-/m1/s1. The molecule has 0 unspecified atom stereocenters. The second-order valence-corrected chi connectivity index (χ2v) is 8.00. The van der Waals surface area contributed by atoms with E-state index in [0.29, 0.717) is 30.5 Å².